The highest BCUT2D eigenvalue weighted by Gasteiger charge is 2.19. The van der Waals surface area contributed by atoms with Gasteiger partial charge in [0.15, 0.2) is 0 Å². The van der Waals surface area contributed by atoms with Crippen molar-refractivity contribution in [2.24, 2.45) is 5.73 Å². The van der Waals surface area contributed by atoms with E-state index in [0.717, 1.165) is 31.2 Å². The molecule has 0 saturated heterocycles. The molecule has 8 heteroatoms. The van der Waals surface area contributed by atoms with E-state index in [0.29, 0.717) is 6.54 Å². The lowest BCUT2D eigenvalue weighted by molar-refractivity contribution is -0.131. The summed E-state index contributed by atoms with van der Waals surface area (Å²) in [6, 6.07) is 5.26. The zero-order chi connectivity index (χ0) is 17.7. The van der Waals surface area contributed by atoms with Gasteiger partial charge in [-0.3, -0.25) is 4.79 Å². The number of amides is 1. The van der Waals surface area contributed by atoms with Gasteiger partial charge < -0.3 is 10.6 Å². The monoisotopic (exact) mass is 389 g/mol. The third-order valence-electron chi connectivity index (χ3n) is 4.66. The minimum Gasteiger partial charge on any atom is -0.342 e. The number of nitrogens with zero attached hydrogens (tertiary/aromatic N) is 1. The number of carbonyl (C=O) groups excluding carboxylic acids is 1. The van der Waals surface area contributed by atoms with Gasteiger partial charge in [0.05, 0.1) is 4.90 Å². The summed E-state index contributed by atoms with van der Waals surface area (Å²) in [5.41, 5.74) is 7.90. The molecule has 0 heterocycles. The van der Waals surface area contributed by atoms with Crippen molar-refractivity contribution in [1.82, 2.24) is 9.62 Å². The lowest BCUT2D eigenvalue weighted by atomic mass is 9.92. The number of benzene rings is 1. The molecule has 3 N–H and O–H groups in total. The van der Waals surface area contributed by atoms with Gasteiger partial charge in [0.25, 0.3) is 0 Å². The van der Waals surface area contributed by atoms with Gasteiger partial charge in [-0.25, -0.2) is 13.1 Å². The van der Waals surface area contributed by atoms with Crippen molar-refractivity contribution in [3.63, 3.8) is 0 Å². The number of halogens is 1. The Hall–Kier alpha value is -1.15. The van der Waals surface area contributed by atoms with Crippen LogP contribution in [0, 0.1) is 0 Å². The Morgan fingerprint density at radius 3 is 2.56 bits per heavy atom. The molecule has 0 saturated carbocycles. The average Bonchev–Trinajstić information content (AvgIpc) is 2.59. The lowest BCUT2D eigenvalue weighted by Gasteiger charge is -2.23. The first kappa shape index (κ1) is 21.9. The van der Waals surface area contributed by atoms with Crippen molar-refractivity contribution in [3.8, 4) is 0 Å². The van der Waals surface area contributed by atoms with E-state index in [1.165, 1.54) is 5.56 Å². The molecule has 2 rings (SSSR count). The first-order valence-electron chi connectivity index (χ1n) is 8.42. The Labute approximate surface area is 156 Å². The molecule has 142 valence electrons. The fraction of sp³-hybridized carbons (Fsp3) is 0.588. The third-order valence-corrected chi connectivity index (χ3v) is 6.12. The molecule has 0 aromatic heterocycles. The Morgan fingerprint density at radius 2 is 1.92 bits per heavy atom. The Bertz CT molecular complexity index is 694. The summed E-state index contributed by atoms with van der Waals surface area (Å²) in [7, 11) is -1.91. The van der Waals surface area contributed by atoms with Crippen molar-refractivity contribution >= 4 is 28.3 Å². The summed E-state index contributed by atoms with van der Waals surface area (Å²) in [6.07, 6.45) is 4.32. The maximum Gasteiger partial charge on any atom is 0.240 e. The van der Waals surface area contributed by atoms with Crippen LogP contribution in [0.3, 0.4) is 0 Å². The quantitative estimate of drug-likeness (QED) is 0.738. The minimum atomic E-state index is -3.59. The molecule has 1 aliphatic rings. The van der Waals surface area contributed by atoms with Crippen molar-refractivity contribution in [2.75, 3.05) is 20.1 Å². The summed E-state index contributed by atoms with van der Waals surface area (Å²) in [5, 5.41) is 0. The fourth-order valence-corrected chi connectivity index (χ4v) is 3.91. The van der Waals surface area contributed by atoms with Crippen molar-refractivity contribution in [3.05, 3.63) is 29.3 Å². The van der Waals surface area contributed by atoms with Gasteiger partial charge in [-0.15, -0.1) is 12.4 Å². The van der Waals surface area contributed by atoms with E-state index in [4.69, 9.17) is 5.73 Å². The van der Waals surface area contributed by atoms with E-state index in [-0.39, 0.29) is 42.2 Å². The van der Waals surface area contributed by atoms with Gasteiger partial charge in [-0.05, 0) is 55.9 Å². The zero-order valence-electron chi connectivity index (χ0n) is 14.8. The number of likely N-dealkylation sites (N-methyl/N-ethyl adjacent to an activating group) is 1. The number of sulfonamides is 1. The van der Waals surface area contributed by atoms with Crippen molar-refractivity contribution < 1.29 is 13.2 Å². The molecular weight excluding hydrogens is 362 g/mol. The lowest BCUT2D eigenvalue weighted by Crippen LogP contribution is -2.41. The van der Waals surface area contributed by atoms with Crippen LogP contribution in [0.2, 0.25) is 0 Å². The molecule has 1 aromatic carbocycles. The predicted octanol–water partition coefficient (Wildman–Crippen LogP) is 1.46. The molecule has 0 fully saturated rings. The number of nitrogens with one attached hydrogen (secondary N) is 1. The molecule has 1 amide bonds. The molecule has 0 spiro atoms. The number of carbonyl (C=O) groups is 1. The molecule has 1 atom stereocenters. The average molecular weight is 390 g/mol. The Morgan fingerprint density at radius 1 is 1.28 bits per heavy atom. The predicted molar refractivity (Wildman–Crippen MR) is 101 cm³/mol. The van der Waals surface area contributed by atoms with E-state index in [1.54, 1.807) is 24.1 Å². The number of rotatable bonds is 7. The minimum absolute atomic E-state index is 0. The molecular formula is C17H28ClN3O3S. The number of fused-ring (bicyclic) bond motifs is 1. The van der Waals surface area contributed by atoms with Crippen LogP contribution in [0.4, 0.5) is 0 Å². The van der Waals surface area contributed by atoms with Crippen LogP contribution in [-0.2, 0) is 27.7 Å². The van der Waals surface area contributed by atoms with Crippen LogP contribution in [0.15, 0.2) is 23.1 Å². The first-order chi connectivity index (χ1) is 11.3. The van der Waals surface area contributed by atoms with Crippen molar-refractivity contribution in [1.29, 1.82) is 0 Å². The second kappa shape index (κ2) is 9.52. The van der Waals surface area contributed by atoms with E-state index < -0.39 is 10.0 Å². The van der Waals surface area contributed by atoms with E-state index >= 15 is 0 Å². The van der Waals surface area contributed by atoms with Crippen LogP contribution in [0.25, 0.3) is 0 Å². The molecule has 0 radical (unpaired) electrons. The van der Waals surface area contributed by atoms with E-state index in [2.05, 4.69) is 4.72 Å². The summed E-state index contributed by atoms with van der Waals surface area (Å²) in [4.78, 5) is 13.8. The van der Waals surface area contributed by atoms with Gasteiger partial charge in [-0.2, -0.15) is 0 Å². The highest BCUT2D eigenvalue weighted by molar-refractivity contribution is 7.89. The van der Waals surface area contributed by atoms with E-state index in [9.17, 15) is 13.2 Å². The Balaban J connectivity index is 0.00000312. The topological polar surface area (TPSA) is 92.5 Å². The molecule has 1 aliphatic carbocycles. The van der Waals surface area contributed by atoms with Crippen LogP contribution in [0.5, 0.6) is 0 Å². The Kier molecular flexibility index (Phi) is 8.34. The molecule has 1 aromatic rings. The normalized spacial score (nSPS) is 15.0. The molecule has 0 bridgehead atoms. The largest absolute Gasteiger partial charge is 0.342 e. The number of nitrogens with two attached hydrogens (primary N) is 1. The summed E-state index contributed by atoms with van der Waals surface area (Å²) in [5.74, 6) is -0.124. The van der Waals surface area contributed by atoms with Gasteiger partial charge in [0.1, 0.15) is 0 Å². The molecule has 1 unspecified atom stereocenters. The van der Waals surface area contributed by atoms with Crippen LogP contribution in [-0.4, -0.2) is 45.4 Å². The zero-order valence-corrected chi connectivity index (χ0v) is 16.5. The smallest absolute Gasteiger partial charge is 0.240 e. The first-order valence-corrected chi connectivity index (χ1v) is 9.90. The van der Waals surface area contributed by atoms with Gasteiger partial charge in [0.2, 0.25) is 15.9 Å². The van der Waals surface area contributed by atoms with Crippen LogP contribution in [0.1, 0.15) is 37.3 Å². The van der Waals surface area contributed by atoms with Crippen LogP contribution < -0.4 is 10.5 Å². The highest BCUT2D eigenvalue weighted by atomic mass is 35.5. The second-order valence-electron chi connectivity index (χ2n) is 6.37. The number of hydrogen-bond donors (Lipinski definition) is 2. The maximum atomic E-state index is 12.4. The second-order valence-corrected chi connectivity index (χ2v) is 8.14. The third kappa shape index (κ3) is 5.67. The van der Waals surface area contributed by atoms with Crippen molar-refractivity contribution in [2.45, 2.75) is 50.0 Å². The number of aryl methyl sites for hydroxylation is 2. The van der Waals surface area contributed by atoms with Crippen LogP contribution >= 0.6 is 12.4 Å². The summed E-state index contributed by atoms with van der Waals surface area (Å²) >= 11 is 0. The van der Waals surface area contributed by atoms with Gasteiger partial charge >= 0.3 is 0 Å². The summed E-state index contributed by atoms with van der Waals surface area (Å²) in [6.45, 7) is 2.32. The maximum absolute atomic E-state index is 12.4. The van der Waals surface area contributed by atoms with Gasteiger partial charge in [-0.1, -0.05) is 6.07 Å². The molecule has 0 aliphatic heterocycles. The number of hydrogen-bond acceptors (Lipinski definition) is 4. The molecule has 6 nitrogen and oxygen atoms in total. The molecule has 25 heavy (non-hydrogen) atoms. The summed E-state index contributed by atoms with van der Waals surface area (Å²) < 4.78 is 27.3. The highest BCUT2D eigenvalue weighted by Crippen LogP contribution is 2.24. The van der Waals surface area contributed by atoms with Gasteiger partial charge in [0, 0.05) is 32.6 Å². The standard InChI is InChI=1S/C17H27N3O3S.ClH/c1-13(12-18)20(2)17(21)9-10-19-24(22,23)16-8-7-14-5-3-4-6-15(14)11-16;/h7-8,11,13,19H,3-6,9-10,12,18H2,1-2H3;1H. The fourth-order valence-electron chi connectivity index (χ4n) is 2.83. The van der Waals surface area contributed by atoms with E-state index in [1.807, 2.05) is 13.0 Å². The SMILES string of the molecule is CC(CN)N(C)C(=O)CCNS(=O)(=O)c1ccc2c(c1)CCCC2.Cl.